The normalized spacial score (nSPS) is 10.1. The molecule has 0 aliphatic carbocycles. The standard InChI is InChI=1S/C20H19N5O2/c1-25(2)15-8-6-14(7-9-15)22-20-23-18(17(12-21)19(26)24-20)13-4-10-16(27-3)11-5-13/h4-11H,1-3H3,(H2,22,23,24,26). The predicted octanol–water partition coefficient (Wildman–Crippen LogP) is 3.13. The molecule has 1 heterocycles. The second-order valence-electron chi connectivity index (χ2n) is 6.04. The summed E-state index contributed by atoms with van der Waals surface area (Å²) in [7, 11) is 5.50. The highest BCUT2D eigenvalue weighted by atomic mass is 16.5. The van der Waals surface area contributed by atoms with Gasteiger partial charge >= 0.3 is 0 Å². The second-order valence-corrected chi connectivity index (χ2v) is 6.04. The van der Waals surface area contributed by atoms with Crippen LogP contribution in [0.5, 0.6) is 5.75 Å². The van der Waals surface area contributed by atoms with E-state index in [1.54, 1.807) is 31.4 Å². The average Bonchev–Trinajstić information content (AvgIpc) is 2.68. The first-order valence-electron chi connectivity index (χ1n) is 8.25. The van der Waals surface area contributed by atoms with E-state index in [1.807, 2.05) is 49.3 Å². The molecule has 0 saturated heterocycles. The van der Waals surface area contributed by atoms with Crippen molar-refractivity contribution in [1.29, 1.82) is 5.26 Å². The fraction of sp³-hybridized carbons (Fsp3) is 0.150. The number of benzene rings is 2. The lowest BCUT2D eigenvalue weighted by atomic mass is 10.1. The fourth-order valence-electron chi connectivity index (χ4n) is 2.57. The summed E-state index contributed by atoms with van der Waals surface area (Å²) in [5.74, 6) is 0.948. The molecule has 0 fully saturated rings. The van der Waals surface area contributed by atoms with Crippen molar-refractivity contribution < 1.29 is 4.74 Å². The minimum atomic E-state index is -0.495. The smallest absolute Gasteiger partial charge is 0.270 e. The van der Waals surface area contributed by atoms with Crippen LogP contribution in [0.15, 0.2) is 53.3 Å². The lowest BCUT2D eigenvalue weighted by molar-refractivity contribution is 0.415. The summed E-state index contributed by atoms with van der Waals surface area (Å²) in [6, 6.07) is 16.7. The Labute approximate surface area is 156 Å². The highest BCUT2D eigenvalue weighted by Crippen LogP contribution is 2.24. The molecule has 1 aromatic heterocycles. The third-order valence-electron chi connectivity index (χ3n) is 4.04. The number of hydrogen-bond donors (Lipinski definition) is 2. The zero-order valence-electron chi connectivity index (χ0n) is 15.3. The summed E-state index contributed by atoms with van der Waals surface area (Å²) in [6.07, 6.45) is 0. The van der Waals surface area contributed by atoms with Crippen molar-refractivity contribution in [2.24, 2.45) is 0 Å². The highest BCUT2D eigenvalue weighted by molar-refractivity contribution is 5.69. The number of anilines is 3. The molecule has 136 valence electrons. The van der Waals surface area contributed by atoms with Gasteiger partial charge in [-0.25, -0.2) is 4.98 Å². The van der Waals surface area contributed by atoms with E-state index in [9.17, 15) is 10.1 Å². The van der Waals surface area contributed by atoms with E-state index >= 15 is 0 Å². The number of H-pyrrole nitrogens is 1. The van der Waals surface area contributed by atoms with Crippen LogP contribution in [-0.4, -0.2) is 31.2 Å². The molecule has 7 nitrogen and oxygen atoms in total. The minimum Gasteiger partial charge on any atom is -0.497 e. The topological polar surface area (TPSA) is 94.0 Å². The average molecular weight is 361 g/mol. The number of nitriles is 1. The van der Waals surface area contributed by atoms with E-state index in [0.29, 0.717) is 17.0 Å². The molecule has 0 radical (unpaired) electrons. The van der Waals surface area contributed by atoms with Crippen LogP contribution in [0.4, 0.5) is 17.3 Å². The van der Waals surface area contributed by atoms with Crippen molar-refractivity contribution in [3.63, 3.8) is 0 Å². The van der Waals surface area contributed by atoms with Gasteiger partial charge in [-0.3, -0.25) is 9.78 Å². The number of ether oxygens (including phenoxy) is 1. The van der Waals surface area contributed by atoms with E-state index in [2.05, 4.69) is 15.3 Å². The Balaban J connectivity index is 1.98. The van der Waals surface area contributed by atoms with Crippen LogP contribution < -0.4 is 20.5 Å². The van der Waals surface area contributed by atoms with Crippen molar-refractivity contribution >= 4 is 17.3 Å². The van der Waals surface area contributed by atoms with E-state index in [-0.39, 0.29) is 11.5 Å². The van der Waals surface area contributed by atoms with Crippen LogP contribution in [0.25, 0.3) is 11.3 Å². The number of nitrogens with one attached hydrogen (secondary N) is 2. The largest absolute Gasteiger partial charge is 0.497 e. The molecule has 0 spiro atoms. The van der Waals surface area contributed by atoms with Crippen LogP contribution in [0.1, 0.15) is 5.56 Å². The molecule has 27 heavy (non-hydrogen) atoms. The summed E-state index contributed by atoms with van der Waals surface area (Å²) in [5.41, 5.74) is 2.27. The molecule has 0 bridgehead atoms. The number of methoxy groups -OCH3 is 1. The van der Waals surface area contributed by atoms with Crippen LogP contribution in [0.2, 0.25) is 0 Å². The van der Waals surface area contributed by atoms with E-state index < -0.39 is 5.56 Å². The Morgan fingerprint density at radius 3 is 2.33 bits per heavy atom. The Hall–Kier alpha value is -3.79. The predicted molar refractivity (Wildman–Crippen MR) is 106 cm³/mol. The second kappa shape index (κ2) is 7.62. The van der Waals surface area contributed by atoms with Crippen molar-refractivity contribution in [1.82, 2.24) is 9.97 Å². The summed E-state index contributed by atoms with van der Waals surface area (Å²) in [5, 5.41) is 12.4. The van der Waals surface area contributed by atoms with Gasteiger partial charge in [-0.05, 0) is 48.5 Å². The molecule has 0 amide bonds. The van der Waals surface area contributed by atoms with E-state index in [4.69, 9.17) is 4.74 Å². The number of hydrogen-bond acceptors (Lipinski definition) is 6. The first-order chi connectivity index (χ1) is 13.0. The maximum absolute atomic E-state index is 12.3. The Morgan fingerprint density at radius 1 is 1.11 bits per heavy atom. The maximum atomic E-state index is 12.3. The molecular weight excluding hydrogens is 342 g/mol. The summed E-state index contributed by atoms with van der Waals surface area (Å²) < 4.78 is 5.15. The molecule has 0 aliphatic heterocycles. The molecule has 3 aromatic rings. The van der Waals surface area contributed by atoms with Gasteiger partial charge < -0.3 is 15.0 Å². The number of aromatic nitrogens is 2. The molecular formula is C20H19N5O2. The van der Waals surface area contributed by atoms with Crippen molar-refractivity contribution in [3.8, 4) is 23.1 Å². The van der Waals surface area contributed by atoms with E-state index in [1.165, 1.54) is 0 Å². The fourth-order valence-corrected chi connectivity index (χ4v) is 2.57. The Bertz CT molecular complexity index is 1030. The number of aromatic amines is 1. The Kier molecular flexibility index (Phi) is 5.08. The Morgan fingerprint density at radius 2 is 1.78 bits per heavy atom. The summed E-state index contributed by atoms with van der Waals surface area (Å²) >= 11 is 0. The molecule has 7 heteroatoms. The lowest BCUT2D eigenvalue weighted by Crippen LogP contribution is -2.16. The van der Waals surface area contributed by atoms with Gasteiger partial charge in [0, 0.05) is 31.0 Å². The lowest BCUT2D eigenvalue weighted by Gasteiger charge is -2.13. The van der Waals surface area contributed by atoms with Crippen molar-refractivity contribution in [3.05, 3.63) is 64.4 Å². The third-order valence-corrected chi connectivity index (χ3v) is 4.04. The minimum absolute atomic E-state index is 0.0336. The first-order valence-corrected chi connectivity index (χ1v) is 8.25. The zero-order chi connectivity index (χ0) is 19.4. The molecule has 2 aromatic carbocycles. The molecule has 3 rings (SSSR count). The van der Waals surface area contributed by atoms with Gasteiger partial charge in [-0.2, -0.15) is 5.26 Å². The van der Waals surface area contributed by atoms with Crippen LogP contribution in [0, 0.1) is 11.3 Å². The molecule has 0 aliphatic rings. The summed E-state index contributed by atoms with van der Waals surface area (Å²) in [4.78, 5) is 21.4. The van der Waals surface area contributed by atoms with Crippen LogP contribution in [0.3, 0.4) is 0 Å². The van der Waals surface area contributed by atoms with E-state index in [0.717, 1.165) is 11.4 Å². The van der Waals surface area contributed by atoms with Gasteiger partial charge in [0.25, 0.3) is 5.56 Å². The maximum Gasteiger partial charge on any atom is 0.270 e. The summed E-state index contributed by atoms with van der Waals surface area (Å²) in [6.45, 7) is 0. The molecule has 0 atom stereocenters. The molecule has 0 unspecified atom stereocenters. The molecule has 0 saturated carbocycles. The molecule has 2 N–H and O–H groups in total. The van der Waals surface area contributed by atoms with Crippen LogP contribution in [-0.2, 0) is 0 Å². The van der Waals surface area contributed by atoms with Gasteiger partial charge in [0.05, 0.1) is 12.8 Å². The van der Waals surface area contributed by atoms with Gasteiger partial charge in [0.15, 0.2) is 0 Å². The highest BCUT2D eigenvalue weighted by Gasteiger charge is 2.13. The monoisotopic (exact) mass is 361 g/mol. The first kappa shape index (κ1) is 18.0. The van der Waals surface area contributed by atoms with Crippen LogP contribution >= 0.6 is 0 Å². The van der Waals surface area contributed by atoms with Gasteiger partial charge in [0.1, 0.15) is 17.4 Å². The SMILES string of the molecule is COc1ccc(-c2nc(Nc3ccc(N(C)C)cc3)[nH]c(=O)c2C#N)cc1. The zero-order valence-corrected chi connectivity index (χ0v) is 15.3. The number of rotatable bonds is 5. The van der Waals surface area contributed by atoms with Gasteiger partial charge in [-0.1, -0.05) is 0 Å². The quantitative estimate of drug-likeness (QED) is 0.725. The third kappa shape index (κ3) is 3.90. The van der Waals surface area contributed by atoms with Crippen molar-refractivity contribution in [2.45, 2.75) is 0 Å². The van der Waals surface area contributed by atoms with Crippen molar-refractivity contribution in [2.75, 3.05) is 31.4 Å². The van der Waals surface area contributed by atoms with Gasteiger partial charge in [-0.15, -0.1) is 0 Å². The number of nitrogens with zero attached hydrogens (tertiary/aromatic N) is 3. The van der Waals surface area contributed by atoms with Gasteiger partial charge in [0.2, 0.25) is 5.95 Å².